The third kappa shape index (κ3) is 6.13. The van der Waals surface area contributed by atoms with Gasteiger partial charge in [0.15, 0.2) is 0 Å². The molecule has 1 rings (SSSR count). The Morgan fingerprint density at radius 2 is 2.08 bits per heavy atom. The van der Waals surface area contributed by atoms with Gasteiger partial charge in [0.05, 0.1) is 10.6 Å². The summed E-state index contributed by atoms with van der Waals surface area (Å²) in [5.74, 6) is -0.342. The van der Waals surface area contributed by atoms with E-state index in [0.717, 1.165) is 18.6 Å². The molecule has 1 aromatic rings. The van der Waals surface area contributed by atoms with Crippen molar-refractivity contribution in [3.8, 4) is 6.07 Å². The van der Waals surface area contributed by atoms with Crippen molar-refractivity contribution in [1.82, 2.24) is 5.32 Å². The van der Waals surface area contributed by atoms with Crippen molar-refractivity contribution in [2.75, 3.05) is 11.9 Å². The SMILES string of the molecule is CC(C)CCN/C=C(/C#N)C(=O)Nc1ccc(Cl)c(C(F)(F)F)c1. The summed E-state index contributed by atoms with van der Waals surface area (Å²) < 4.78 is 38.4. The molecule has 0 fully saturated rings. The third-order valence-corrected chi connectivity index (χ3v) is 3.34. The summed E-state index contributed by atoms with van der Waals surface area (Å²) in [5.41, 5.74) is -1.39. The van der Waals surface area contributed by atoms with Crippen molar-refractivity contribution in [1.29, 1.82) is 5.26 Å². The van der Waals surface area contributed by atoms with Crippen molar-refractivity contribution in [3.63, 3.8) is 0 Å². The summed E-state index contributed by atoms with van der Waals surface area (Å²) >= 11 is 5.51. The minimum atomic E-state index is -4.63. The Morgan fingerprint density at radius 1 is 1.42 bits per heavy atom. The second kappa shape index (κ2) is 8.60. The Labute approximate surface area is 143 Å². The zero-order chi connectivity index (χ0) is 18.3. The first-order chi connectivity index (χ1) is 11.1. The van der Waals surface area contributed by atoms with E-state index in [0.29, 0.717) is 12.5 Å². The summed E-state index contributed by atoms with van der Waals surface area (Å²) in [7, 11) is 0. The van der Waals surface area contributed by atoms with Gasteiger partial charge < -0.3 is 10.6 Å². The summed E-state index contributed by atoms with van der Waals surface area (Å²) in [6, 6.07) is 4.70. The lowest BCUT2D eigenvalue weighted by Crippen LogP contribution is -2.18. The molecule has 0 saturated heterocycles. The lowest BCUT2D eigenvalue weighted by Gasteiger charge is -2.11. The maximum atomic E-state index is 12.8. The van der Waals surface area contributed by atoms with Gasteiger partial charge >= 0.3 is 6.18 Å². The molecule has 130 valence electrons. The van der Waals surface area contributed by atoms with Gasteiger partial charge in [0.2, 0.25) is 0 Å². The predicted molar refractivity (Wildman–Crippen MR) is 86.2 cm³/mol. The standard InChI is InChI=1S/C16H17ClF3N3O/c1-10(2)5-6-22-9-11(8-21)15(24)23-12-3-4-14(17)13(7-12)16(18,19)20/h3-4,7,9-10,22H,5-6H2,1-2H3,(H,23,24)/b11-9-. The molecule has 4 nitrogen and oxygen atoms in total. The van der Waals surface area contributed by atoms with Crippen LogP contribution in [0, 0.1) is 17.2 Å². The molecule has 0 unspecified atom stereocenters. The molecule has 0 saturated carbocycles. The number of carbonyl (C=O) groups is 1. The van der Waals surface area contributed by atoms with Crippen LogP contribution in [0.15, 0.2) is 30.0 Å². The van der Waals surface area contributed by atoms with E-state index in [4.69, 9.17) is 16.9 Å². The Balaban J connectivity index is 2.82. The van der Waals surface area contributed by atoms with Gasteiger partial charge in [0.25, 0.3) is 5.91 Å². The average molecular weight is 360 g/mol. The molecule has 0 bridgehead atoms. The maximum absolute atomic E-state index is 12.8. The minimum absolute atomic E-state index is 0.0972. The fourth-order valence-corrected chi connectivity index (χ4v) is 1.94. The molecule has 1 amide bonds. The molecule has 0 spiro atoms. The van der Waals surface area contributed by atoms with Crippen LogP contribution in [0.4, 0.5) is 18.9 Å². The number of anilines is 1. The van der Waals surface area contributed by atoms with Gasteiger partial charge in [-0.25, -0.2) is 0 Å². The summed E-state index contributed by atoms with van der Waals surface area (Å²) in [6.07, 6.45) is -2.54. The van der Waals surface area contributed by atoms with E-state index in [9.17, 15) is 18.0 Å². The molecule has 1 aromatic carbocycles. The van der Waals surface area contributed by atoms with Crippen molar-refractivity contribution in [2.45, 2.75) is 26.4 Å². The quantitative estimate of drug-likeness (QED) is 0.451. The molecule has 2 N–H and O–H groups in total. The van der Waals surface area contributed by atoms with Crippen LogP contribution in [0.1, 0.15) is 25.8 Å². The van der Waals surface area contributed by atoms with E-state index >= 15 is 0 Å². The molecule has 0 aliphatic rings. The van der Waals surface area contributed by atoms with Crippen LogP contribution in [-0.4, -0.2) is 12.5 Å². The first kappa shape index (κ1) is 19.8. The fraction of sp³-hybridized carbons (Fsp3) is 0.375. The van der Waals surface area contributed by atoms with Crippen LogP contribution < -0.4 is 10.6 Å². The Morgan fingerprint density at radius 3 is 2.62 bits per heavy atom. The van der Waals surface area contributed by atoms with Crippen molar-refractivity contribution >= 4 is 23.2 Å². The van der Waals surface area contributed by atoms with Crippen LogP contribution in [0.2, 0.25) is 5.02 Å². The van der Waals surface area contributed by atoms with Crippen LogP contribution in [0.5, 0.6) is 0 Å². The number of nitrogens with zero attached hydrogens (tertiary/aromatic N) is 1. The van der Waals surface area contributed by atoms with Crippen molar-refractivity contribution in [3.05, 3.63) is 40.6 Å². The number of carbonyl (C=O) groups excluding carboxylic acids is 1. The molecule has 0 heterocycles. The van der Waals surface area contributed by atoms with Crippen LogP contribution >= 0.6 is 11.6 Å². The highest BCUT2D eigenvalue weighted by molar-refractivity contribution is 6.31. The van der Waals surface area contributed by atoms with E-state index < -0.39 is 22.7 Å². The van der Waals surface area contributed by atoms with Gasteiger partial charge in [-0.2, -0.15) is 18.4 Å². The predicted octanol–water partition coefficient (Wildman–Crippen LogP) is 4.34. The van der Waals surface area contributed by atoms with E-state index in [2.05, 4.69) is 10.6 Å². The van der Waals surface area contributed by atoms with Gasteiger partial charge in [-0.15, -0.1) is 0 Å². The maximum Gasteiger partial charge on any atom is 0.417 e. The number of benzene rings is 1. The lowest BCUT2D eigenvalue weighted by molar-refractivity contribution is -0.137. The number of hydrogen-bond acceptors (Lipinski definition) is 3. The molecule has 24 heavy (non-hydrogen) atoms. The molecule has 0 radical (unpaired) electrons. The molecule has 8 heteroatoms. The highest BCUT2D eigenvalue weighted by Crippen LogP contribution is 2.36. The van der Waals surface area contributed by atoms with Crippen molar-refractivity contribution < 1.29 is 18.0 Å². The van der Waals surface area contributed by atoms with E-state index in [-0.39, 0.29) is 11.3 Å². The van der Waals surface area contributed by atoms with Crippen molar-refractivity contribution in [2.24, 2.45) is 5.92 Å². The largest absolute Gasteiger partial charge is 0.417 e. The topological polar surface area (TPSA) is 64.9 Å². The number of hydrogen-bond donors (Lipinski definition) is 2. The summed E-state index contributed by atoms with van der Waals surface area (Å²) in [5, 5.41) is 13.6. The number of nitrogens with one attached hydrogen (secondary N) is 2. The monoisotopic (exact) mass is 359 g/mol. The van der Waals surface area contributed by atoms with E-state index in [1.165, 1.54) is 12.3 Å². The number of alkyl halides is 3. The lowest BCUT2D eigenvalue weighted by atomic mass is 10.1. The highest BCUT2D eigenvalue weighted by atomic mass is 35.5. The molecular weight excluding hydrogens is 343 g/mol. The third-order valence-electron chi connectivity index (χ3n) is 3.01. The smallest absolute Gasteiger partial charge is 0.390 e. The van der Waals surface area contributed by atoms with Crippen LogP contribution in [0.25, 0.3) is 0 Å². The average Bonchev–Trinajstić information content (AvgIpc) is 2.47. The van der Waals surface area contributed by atoms with Crippen LogP contribution in [-0.2, 0) is 11.0 Å². The number of nitriles is 1. The first-order valence-corrected chi connectivity index (χ1v) is 7.54. The fourth-order valence-electron chi connectivity index (χ4n) is 1.71. The van der Waals surface area contributed by atoms with Gasteiger partial charge in [-0.05, 0) is 30.5 Å². The minimum Gasteiger partial charge on any atom is -0.390 e. The Kier molecular flexibility index (Phi) is 7.11. The molecule has 0 aliphatic carbocycles. The zero-order valence-corrected chi connectivity index (χ0v) is 13.9. The van der Waals surface area contributed by atoms with Gasteiger partial charge in [-0.3, -0.25) is 4.79 Å². The van der Waals surface area contributed by atoms with E-state index in [1.54, 1.807) is 6.07 Å². The molecule has 0 aromatic heterocycles. The zero-order valence-electron chi connectivity index (χ0n) is 13.2. The van der Waals surface area contributed by atoms with Gasteiger partial charge in [-0.1, -0.05) is 25.4 Å². The Hall–Kier alpha value is -2.20. The van der Waals surface area contributed by atoms with Gasteiger partial charge in [0.1, 0.15) is 11.6 Å². The van der Waals surface area contributed by atoms with E-state index in [1.807, 2.05) is 13.8 Å². The highest BCUT2D eigenvalue weighted by Gasteiger charge is 2.33. The van der Waals surface area contributed by atoms with Gasteiger partial charge in [0, 0.05) is 18.4 Å². The molecule has 0 aliphatic heterocycles. The second-order valence-electron chi connectivity index (χ2n) is 5.45. The summed E-state index contributed by atoms with van der Waals surface area (Å²) in [4.78, 5) is 12.0. The number of rotatable bonds is 6. The molecular formula is C16H17ClF3N3O. The first-order valence-electron chi connectivity index (χ1n) is 7.17. The van der Waals surface area contributed by atoms with Crippen LogP contribution in [0.3, 0.4) is 0 Å². The second-order valence-corrected chi connectivity index (χ2v) is 5.86. The number of halogens is 4. The number of amides is 1. The Bertz CT molecular complexity index is 664. The molecule has 0 atom stereocenters. The summed E-state index contributed by atoms with van der Waals surface area (Å²) in [6.45, 7) is 4.64. The normalized spacial score (nSPS) is 12.0.